The number of benzene rings is 1. The molecule has 0 fully saturated rings. The molecule has 1 aromatic rings. The van der Waals surface area contributed by atoms with E-state index >= 15 is 0 Å². The highest BCUT2D eigenvalue weighted by Gasteiger charge is 2.16. The summed E-state index contributed by atoms with van der Waals surface area (Å²) in [5, 5.41) is 2.61. The van der Waals surface area contributed by atoms with Gasteiger partial charge in [0.1, 0.15) is 0 Å². The fraction of sp³-hybridized carbons (Fsp3) is 0.467. The minimum absolute atomic E-state index is 0.00476. The number of nitrogens with one attached hydrogen (secondary N) is 1. The molecule has 1 unspecified atom stereocenters. The van der Waals surface area contributed by atoms with E-state index in [2.05, 4.69) is 5.32 Å². The van der Waals surface area contributed by atoms with Gasteiger partial charge in [-0.05, 0) is 20.0 Å². The SMILES string of the molecule is CNC(=O)C(C)CN(C)CC(=O)c1cccc(C)c1. The van der Waals surface area contributed by atoms with E-state index in [-0.39, 0.29) is 17.6 Å². The molecule has 1 N–H and O–H groups in total. The number of ketones is 1. The van der Waals surface area contributed by atoms with Gasteiger partial charge >= 0.3 is 0 Å². The van der Waals surface area contributed by atoms with Gasteiger partial charge in [0, 0.05) is 25.1 Å². The number of carbonyl (C=O) groups excluding carboxylic acids is 2. The first-order valence-electron chi connectivity index (χ1n) is 6.44. The van der Waals surface area contributed by atoms with E-state index in [9.17, 15) is 9.59 Å². The Morgan fingerprint density at radius 1 is 1.37 bits per heavy atom. The average molecular weight is 262 g/mol. The summed E-state index contributed by atoms with van der Waals surface area (Å²) < 4.78 is 0. The summed E-state index contributed by atoms with van der Waals surface area (Å²) >= 11 is 0. The fourth-order valence-electron chi connectivity index (χ4n) is 2.02. The van der Waals surface area contributed by atoms with Crippen LogP contribution in [0.2, 0.25) is 0 Å². The van der Waals surface area contributed by atoms with E-state index in [0.717, 1.165) is 11.1 Å². The minimum Gasteiger partial charge on any atom is -0.359 e. The second-order valence-corrected chi connectivity index (χ2v) is 5.00. The molecule has 0 heterocycles. The molecule has 19 heavy (non-hydrogen) atoms. The highest BCUT2D eigenvalue weighted by molar-refractivity contribution is 5.97. The highest BCUT2D eigenvalue weighted by atomic mass is 16.1. The van der Waals surface area contributed by atoms with Gasteiger partial charge in [0.15, 0.2) is 5.78 Å². The standard InChI is InChI=1S/C15H22N2O2/c1-11-6-5-7-13(8-11)14(18)10-17(4)9-12(2)15(19)16-3/h5-8,12H,9-10H2,1-4H3,(H,16,19). The Kier molecular flexibility index (Phi) is 5.70. The lowest BCUT2D eigenvalue weighted by atomic mass is 10.1. The second kappa shape index (κ2) is 7.04. The Morgan fingerprint density at radius 2 is 2.05 bits per heavy atom. The van der Waals surface area contributed by atoms with Crippen molar-refractivity contribution in [2.75, 3.05) is 27.2 Å². The van der Waals surface area contributed by atoms with Crippen LogP contribution in [0.25, 0.3) is 0 Å². The first kappa shape index (κ1) is 15.4. The molecule has 104 valence electrons. The first-order chi connectivity index (χ1) is 8.93. The molecule has 0 radical (unpaired) electrons. The average Bonchev–Trinajstić information content (AvgIpc) is 2.37. The normalized spacial score (nSPS) is 12.3. The smallest absolute Gasteiger partial charge is 0.223 e. The number of amides is 1. The number of hydrogen-bond donors (Lipinski definition) is 1. The molecule has 0 aromatic heterocycles. The van der Waals surface area contributed by atoms with Crippen LogP contribution in [0.15, 0.2) is 24.3 Å². The second-order valence-electron chi connectivity index (χ2n) is 5.00. The van der Waals surface area contributed by atoms with Crippen LogP contribution in [0.4, 0.5) is 0 Å². The molecule has 1 rings (SSSR count). The van der Waals surface area contributed by atoms with E-state index in [0.29, 0.717) is 13.1 Å². The van der Waals surface area contributed by atoms with Crippen molar-refractivity contribution in [2.45, 2.75) is 13.8 Å². The van der Waals surface area contributed by atoms with Crippen LogP contribution in [0.5, 0.6) is 0 Å². The van der Waals surface area contributed by atoms with E-state index < -0.39 is 0 Å². The van der Waals surface area contributed by atoms with Gasteiger partial charge in [-0.3, -0.25) is 14.5 Å². The molecule has 0 aliphatic rings. The Hall–Kier alpha value is -1.68. The molecule has 0 saturated heterocycles. The lowest BCUT2D eigenvalue weighted by Crippen LogP contribution is -2.36. The summed E-state index contributed by atoms with van der Waals surface area (Å²) in [6.45, 7) is 4.71. The Balaban J connectivity index is 2.55. The summed E-state index contributed by atoms with van der Waals surface area (Å²) in [4.78, 5) is 25.4. The zero-order valence-corrected chi connectivity index (χ0v) is 12.1. The number of nitrogens with zero attached hydrogens (tertiary/aromatic N) is 1. The van der Waals surface area contributed by atoms with Crippen LogP contribution >= 0.6 is 0 Å². The van der Waals surface area contributed by atoms with Gasteiger partial charge < -0.3 is 5.32 Å². The monoisotopic (exact) mass is 262 g/mol. The van der Waals surface area contributed by atoms with E-state index in [1.165, 1.54) is 0 Å². The highest BCUT2D eigenvalue weighted by Crippen LogP contribution is 2.06. The van der Waals surface area contributed by atoms with Gasteiger partial charge in [-0.1, -0.05) is 30.7 Å². The largest absolute Gasteiger partial charge is 0.359 e. The Bertz CT molecular complexity index is 457. The van der Waals surface area contributed by atoms with Crippen LogP contribution in [0.1, 0.15) is 22.8 Å². The van der Waals surface area contributed by atoms with Crippen molar-refractivity contribution in [1.29, 1.82) is 0 Å². The zero-order valence-electron chi connectivity index (χ0n) is 12.1. The number of aryl methyl sites for hydroxylation is 1. The van der Waals surface area contributed by atoms with Gasteiger partial charge in [-0.15, -0.1) is 0 Å². The first-order valence-corrected chi connectivity index (χ1v) is 6.44. The van der Waals surface area contributed by atoms with Crippen LogP contribution in [-0.2, 0) is 4.79 Å². The maximum atomic E-state index is 12.1. The van der Waals surface area contributed by atoms with Crippen molar-refractivity contribution in [2.24, 2.45) is 5.92 Å². The van der Waals surface area contributed by atoms with Crippen molar-refractivity contribution in [3.63, 3.8) is 0 Å². The van der Waals surface area contributed by atoms with Gasteiger partial charge in [0.2, 0.25) is 5.91 Å². The molecule has 0 saturated carbocycles. The number of carbonyl (C=O) groups is 2. The molecule has 4 nitrogen and oxygen atoms in total. The summed E-state index contributed by atoms with van der Waals surface area (Å²) in [5.74, 6) is -0.0505. The molecule has 0 bridgehead atoms. The third kappa shape index (κ3) is 4.83. The number of hydrogen-bond acceptors (Lipinski definition) is 3. The molecule has 1 amide bonds. The predicted molar refractivity (Wildman–Crippen MR) is 76.2 cm³/mol. The number of likely N-dealkylation sites (N-methyl/N-ethyl adjacent to an activating group) is 1. The summed E-state index contributed by atoms with van der Waals surface area (Å²) in [6, 6.07) is 7.56. The summed E-state index contributed by atoms with van der Waals surface area (Å²) in [5.41, 5.74) is 1.80. The van der Waals surface area contributed by atoms with Gasteiger partial charge in [-0.25, -0.2) is 0 Å². The molecule has 1 aromatic carbocycles. The molecule has 0 aliphatic heterocycles. The van der Waals surface area contributed by atoms with E-state index in [4.69, 9.17) is 0 Å². The Morgan fingerprint density at radius 3 is 2.63 bits per heavy atom. The van der Waals surface area contributed by atoms with Crippen molar-refractivity contribution >= 4 is 11.7 Å². The summed E-state index contributed by atoms with van der Waals surface area (Å²) in [7, 11) is 3.48. The number of rotatable bonds is 6. The predicted octanol–water partition coefficient (Wildman–Crippen LogP) is 1.49. The Labute approximate surface area is 114 Å². The number of Topliss-reactive ketones (excluding diaryl/α,β-unsaturated/α-hetero) is 1. The fourth-order valence-corrected chi connectivity index (χ4v) is 2.02. The minimum atomic E-state index is -0.125. The summed E-state index contributed by atoms with van der Waals surface area (Å²) in [6.07, 6.45) is 0. The molecule has 1 atom stereocenters. The molecular formula is C15H22N2O2. The van der Waals surface area contributed by atoms with Crippen LogP contribution in [0.3, 0.4) is 0 Å². The van der Waals surface area contributed by atoms with Crippen molar-refractivity contribution < 1.29 is 9.59 Å². The maximum Gasteiger partial charge on any atom is 0.223 e. The van der Waals surface area contributed by atoms with Gasteiger partial charge in [0.05, 0.1) is 6.54 Å². The van der Waals surface area contributed by atoms with Crippen LogP contribution < -0.4 is 5.32 Å². The quantitative estimate of drug-likeness (QED) is 0.790. The van der Waals surface area contributed by atoms with E-state index in [1.807, 2.05) is 50.1 Å². The molecule has 0 aliphatic carbocycles. The lowest BCUT2D eigenvalue weighted by molar-refractivity contribution is -0.124. The molecule has 4 heteroatoms. The van der Waals surface area contributed by atoms with Crippen LogP contribution in [0, 0.1) is 12.8 Å². The van der Waals surface area contributed by atoms with Gasteiger partial charge in [-0.2, -0.15) is 0 Å². The van der Waals surface area contributed by atoms with Crippen molar-refractivity contribution in [1.82, 2.24) is 10.2 Å². The third-order valence-corrected chi connectivity index (χ3v) is 3.03. The zero-order chi connectivity index (χ0) is 14.4. The van der Waals surface area contributed by atoms with Gasteiger partial charge in [0.25, 0.3) is 0 Å². The van der Waals surface area contributed by atoms with Crippen molar-refractivity contribution in [3.05, 3.63) is 35.4 Å². The maximum absolute atomic E-state index is 12.1. The molecule has 0 spiro atoms. The van der Waals surface area contributed by atoms with Crippen molar-refractivity contribution in [3.8, 4) is 0 Å². The van der Waals surface area contributed by atoms with Crippen LogP contribution in [-0.4, -0.2) is 43.8 Å². The molecular weight excluding hydrogens is 240 g/mol. The lowest BCUT2D eigenvalue weighted by Gasteiger charge is -2.19. The third-order valence-electron chi connectivity index (χ3n) is 3.03. The topological polar surface area (TPSA) is 49.4 Å². The van der Waals surface area contributed by atoms with E-state index in [1.54, 1.807) is 7.05 Å².